The van der Waals surface area contributed by atoms with Gasteiger partial charge in [0, 0.05) is 31.4 Å². The number of nitrogens with zero attached hydrogens (tertiary/aromatic N) is 7. The molecule has 4 rings (SSSR count). The number of halogens is 1. The minimum atomic E-state index is -5.19. The minimum Gasteiger partial charge on any atom is -0.790 e. The van der Waals surface area contributed by atoms with Crippen LogP contribution in [0.4, 0.5) is 26.6 Å². The third-order valence-corrected chi connectivity index (χ3v) is 5.32. The van der Waals surface area contributed by atoms with Gasteiger partial charge in [0.25, 0.3) is 5.95 Å². The molecule has 3 heterocycles. The number of anilines is 3. The van der Waals surface area contributed by atoms with E-state index in [4.69, 9.17) is 4.74 Å². The molecule has 1 aromatic carbocycles. The van der Waals surface area contributed by atoms with Crippen LogP contribution in [0.2, 0.25) is 0 Å². The molecule has 2 aromatic heterocycles. The summed E-state index contributed by atoms with van der Waals surface area (Å²) >= 11 is 0. The molecule has 1 aliphatic rings. The minimum absolute atomic E-state index is 0. The van der Waals surface area contributed by atoms with Crippen molar-refractivity contribution in [1.29, 1.82) is 0 Å². The molecule has 0 aliphatic carbocycles. The first-order valence-corrected chi connectivity index (χ1v) is 11.0. The van der Waals surface area contributed by atoms with Crippen molar-refractivity contribution in [2.45, 2.75) is 6.10 Å². The summed E-state index contributed by atoms with van der Waals surface area (Å²) in [4.78, 5) is 40.4. The van der Waals surface area contributed by atoms with Crippen LogP contribution in [0.25, 0.3) is 11.1 Å². The van der Waals surface area contributed by atoms with Gasteiger partial charge in [-0.05, 0) is 40.8 Å². The van der Waals surface area contributed by atoms with Gasteiger partial charge >= 0.3 is 65.2 Å². The van der Waals surface area contributed by atoms with E-state index in [-0.39, 0.29) is 76.9 Å². The van der Waals surface area contributed by atoms with E-state index in [1.165, 1.54) is 23.0 Å². The summed E-state index contributed by atoms with van der Waals surface area (Å²) in [7, 11) is -1.77. The molecule has 1 amide bonds. The maximum Gasteiger partial charge on any atom is 1.00 e. The van der Waals surface area contributed by atoms with Crippen molar-refractivity contribution in [2.75, 3.05) is 30.0 Å². The van der Waals surface area contributed by atoms with Gasteiger partial charge in [0.1, 0.15) is 17.7 Å². The summed E-state index contributed by atoms with van der Waals surface area (Å²) in [5.41, 5.74) is 0.964. The largest absolute Gasteiger partial charge is 1.00 e. The third-order valence-electron chi connectivity index (χ3n) is 4.86. The Kier molecular flexibility index (Phi) is 10.4. The number of benzene rings is 1. The van der Waals surface area contributed by atoms with Crippen molar-refractivity contribution in [1.82, 2.24) is 25.2 Å². The topological polar surface area (TPSA) is 162 Å². The van der Waals surface area contributed by atoms with Crippen LogP contribution in [-0.2, 0) is 20.9 Å². The van der Waals surface area contributed by atoms with Crippen LogP contribution >= 0.6 is 7.82 Å². The Balaban J connectivity index is 0.00000216. The van der Waals surface area contributed by atoms with Crippen LogP contribution < -0.4 is 78.7 Å². The normalized spacial score (nSPS) is 15.3. The Hall–Kier alpha value is -1.45. The molecule has 0 N–H and O–H groups in total. The Bertz CT molecular complexity index is 1230. The first-order chi connectivity index (χ1) is 15.6. The number of carbonyl (C=O) groups is 1. The van der Waals surface area contributed by atoms with E-state index >= 15 is 0 Å². The number of tetrazole rings is 1. The summed E-state index contributed by atoms with van der Waals surface area (Å²) in [6, 6.07) is 7.52. The summed E-state index contributed by atoms with van der Waals surface area (Å²) < 4.78 is 36.1. The average Bonchev–Trinajstić information content (AvgIpc) is 3.36. The van der Waals surface area contributed by atoms with Gasteiger partial charge in [-0.3, -0.25) is 9.80 Å². The monoisotopic (exact) mass is 523 g/mol. The first kappa shape index (κ1) is 29.8. The molecule has 0 saturated carbocycles. The molecule has 1 atom stereocenters. The second kappa shape index (κ2) is 12.2. The number of aryl methyl sites for hydroxylation is 1. The molecule has 13 nitrogen and oxygen atoms in total. The van der Waals surface area contributed by atoms with Gasteiger partial charge in [-0.15, -0.1) is 0 Å². The van der Waals surface area contributed by atoms with E-state index in [0.717, 1.165) is 11.0 Å². The number of ether oxygens (including phenoxy) is 1. The average molecular weight is 523 g/mol. The number of phosphoric ester groups is 1. The molecule has 0 radical (unpaired) electrons. The summed E-state index contributed by atoms with van der Waals surface area (Å²) in [5, 5.41) is 11.2. The number of rotatable bonds is 7. The number of phosphoric acid groups is 1. The van der Waals surface area contributed by atoms with Gasteiger partial charge in [-0.1, -0.05) is 5.10 Å². The SMILES string of the molecule is CN(c1ccc(-c2ccc(N3C[C@H](COP(=O)([O-])[O-])OC3=O)cc2F)cn1)c1nnnn1C.[Na+].[Na+]. The fourth-order valence-electron chi connectivity index (χ4n) is 3.25. The van der Waals surface area contributed by atoms with Crippen molar-refractivity contribution in [3.05, 3.63) is 42.3 Å². The van der Waals surface area contributed by atoms with E-state index in [9.17, 15) is 23.5 Å². The molecule has 1 fully saturated rings. The van der Waals surface area contributed by atoms with Gasteiger partial charge in [0.05, 0.1) is 26.7 Å². The van der Waals surface area contributed by atoms with Gasteiger partial charge in [0.15, 0.2) is 0 Å². The Labute approximate surface area is 243 Å². The molecule has 1 saturated heterocycles. The van der Waals surface area contributed by atoms with Crippen molar-refractivity contribution < 1.29 is 91.9 Å². The molecular weight excluding hydrogens is 506 g/mol. The van der Waals surface area contributed by atoms with Crippen molar-refractivity contribution in [2.24, 2.45) is 7.05 Å². The van der Waals surface area contributed by atoms with Crippen LogP contribution in [0.3, 0.4) is 0 Å². The van der Waals surface area contributed by atoms with Crippen LogP contribution in [0.1, 0.15) is 0 Å². The number of hydrogen-bond acceptors (Lipinski definition) is 11. The second-order valence-corrected chi connectivity index (χ2v) is 8.24. The van der Waals surface area contributed by atoms with Crippen molar-refractivity contribution >= 4 is 31.4 Å². The van der Waals surface area contributed by atoms with E-state index < -0.39 is 32.4 Å². The molecule has 0 spiro atoms. The molecular formula is C18H17FN7Na2O6P. The smallest absolute Gasteiger partial charge is 0.790 e. The van der Waals surface area contributed by atoms with Crippen LogP contribution in [0, 0.1) is 5.82 Å². The fourth-order valence-corrected chi connectivity index (χ4v) is 3.60. The molecule has 17 heteroatoms. The second-order valence-electron chi connectivity index (χ2n) is 7.09. The van der Waals surface area contributed by atoms with Gasteiger partial charge in [0.2, 0.25) is 0 Å². The molecule has 1 aliphatic heterocycles. The maximum atomic E-state index is 14.9. The molecule has 0 unspecified atom stereocenters. The van der Waals surface area contributed by atoms with Crippen molar-refractivity contribution in [3.8, 4) is 11.1 Å². The molecule has 174 valence electrons. The van der Waals surface area contributed by atoms with Crippen LogP contribution in [0.5, 0.6) is 0 Å². The zero-order valence-electron chi connectivity index (χ0n) is 19.4. The summed E-state index contributed by atoms with van der Waals surface area (Å²) in [5.74, 6) is 0.409. The van der Waals surface area contributed by atoms with Crippen LogP contribution in [0.15, 0.2) is 36.5 Å². The maximum absolute atomic E-state index is 14.9. The van der Waals surface area contributed by atoms with Crippen LogP contribution in [-0.4, -0.2) is 57.6 Å². The summed E-state index contributed by atoms with van der Waals surface area (Å²) in [6.07, 6.45) is -0.293. The molecule has 35 heavy (non-hydrogen) atoms. The first-order valence-electron chi connectivity index (χ1n) is 9.49. The zero-order valence-corrected chi connectivity index (χ0v) is 24.3. The molecule has 0 bridgehead atoms. The van der Waals surface area contributed by atoms with Gasteiger partial charge in [-0.25, -0.2) is 18.9 Å². The fraction of sp³-hybridized carbons (Fsp3) is 0.278. The third kappa shape index (κ3) is 7.07. The Morgan fingerprint density at radius 3 is 2.60 bits per heavy atom. The number of cyclic esters (lactones) is 1. The Morgan fingerprint density at radius 1 is 1.29 bits per heavy atom. The molecule has 3 aromatic rings. The zero-order chi connectivity index (χ0) is 23.8. The predicted molar refractivity (Wildman–Crippen MR) is 108 cm³/mol. The number of amides is 1. The van der Waals surface area contributed by atoms with E-state index in [1.54, 1.807) is 31.1 Å². The van der Waals surface area contributed by atoms with E-state index in [1.807, 2.05) is 0 Å². The number of aromatic nitrogens is 5. The summed E-state index contributed by atoms with van der Waals surface area (Å²) in [6.45, 7) is -0.707. The Morgan fingerprint density at radius 2 is 2.03 bits per heavy atom. The van der Waals surface area contributed by atoms with Crippen molar-refractivity contribution in [3.63, 3.8) is 0 Å². The number of hydrogen-bond donors (Lipinski definition) is 0. The quantitative estimate of drug-likeness (QED) is 0.214. The van der Waals surface area contributed by atoms with E-state index in [2.05, 4.69) is 25.0 Å². The number of pyridine rings is 1. The number of carbonyl (C=O) groups excluding carboxylic acids is 1. The van der Waals surface area contributed by atoms with Gasteiger partial charge < -0.3 is 23.6 Å². The standard InChI is InChI=1S/C18H19FN7O6P.2Na/c1-24(17-21-22-23-25(17)2)16-6-3-11(8-20-16)14-5-4-12(7-15(14)19)26-9-13(32-18(26)27)10-31-33(28,29)30;;/h3-8,13H,9-10H2,1-2H3,(H2,28,29,30);;/q;2*+1/p-2/t13-;;/m1../s1. The van der Waals surface area contributed by atoms with E-state index in [0.29, 0.717) is 17.3 Å². The predicted octanol–water partition coefficient (Wildman–Crippen LogP) is -5.64. The van der Waals surface area contributed by atoms with Gasteiger partial charge in [-0.2, -0.15) is 0 Å².